The van der Waals surface area contributed by atoms with E-state index in [-0.39, 0.29) is 17.2 Å². The van der Waals surface area contributed by atoms with E-state index >= 15 is 0 Å². The highest BCUT2D eigenvalue weighted by Gasteiger charge is 2.22. The molecule has 0 atom stereocenters. The van der Waals surface area contributed by atoms with Crippen LogP contribution in [0.25, 0.3) is 0 Å². The van der Waals surface area contributed by atoms with Gasteiger partial charge < -0.3 is 16.0 Å². The summed E-state index contributed by atoms with van der Waals surface area (Å²) in [6.45, 7) is 7.72. The van der Waals surface area contributed by atoms with Crippen LogP contribution in [0.2, 0.25) is 0 Å². The van der Waals surface area contributed by atoms with Crippen molar-refractivity contribution in [2.24, 2.45) is 0 Å². The Labute approximate surface area is 246 Å². The molecule has 42 heavy (non-hydrogen) atoms. The van der Waals surface area contributed by atoms with Crippen LogP contribution in [0, 0.1) is 6.92 Å². The Morgan fingerprint density at radius 2 is 1.64 bits per heavy atom. The molecule has 0 aliphatic carbocycles. The van der Waals surface area contributed by atoms with Crippen LogP contribution < -0.4 is 26.2 Å². The van der Waals surface area contributed by atoms with Gasteiger partial charge in [0, 0.05) is 47.2 Å². The fraction of sp³-hybridized carbons (Fsp3) is 0.379. The third-order valence-electron chi connectivity index (χ3n) is 5.96. The zero-order valence-electron chi connectivity index (χ0n) is 24.3. The van der Waals surface area contributed by atoms with Gasteiger partial charge in [-0.1, -0.05) is 18.9 Å². The van der Waals surface area contributed by atoms with E-state index in [4.69, 9.17) is 5.21 Å². The quantitative estimate of drug-likeness (QED) is 0.0886. The molecule has 0 radical (unpaired) electrons. The summed E-state index contributed by atoms with van der Waals surface area (Å²) in [6.07, 6.45) is 5.12. The van der Waals surface area contributed by atoms with Crippen molar-refractivity contribution in [3.63, 3.8) is 0 Å². The van der Waals surface area contributed by atoms with Crippen molar-refractivity contribution < 1.29 is 23.2 Å². The summed E-state index contributed by atoms with van der Waals surface area (Å²) in [5, 5.41) is 17.7. The molecule has 2 aromatic carbocycles. The lowest BCUT2D eigenvalue weighted by Gasteiger charge is -2.20. The fourth-order valence-corrected chi connectivity index (χ4v) is 5.39. The van der Waals surface area contributed by atoms with Gasteiger partial charge in [0.2, 0.25) is 21.9 Å². The summed E-state index contributed by atoms with van der Waals surface area (Å²) in [6, 6.07) is 13.4. The predicted molar refractivity (Wildman–Crippen MR) is 162 cm³/mol. The predicted octanol–water partition coefficient (Wildman–Crippen LogP) is 4.53. The minimum absolute atomic E-state index is 0.140. The lowest BCUT2D eigenvalue weighted by Crippen LogP contribution is -2.40. The number of benzene rings is 2. The summed E-state index contributed by atoms with van der Waals surface area (Å²) in [7, 11) is -3.70. The van der Waals surface area contributed by atoms with E-state index in [0.29, 0.717) is 41.7 Å². The van der Waals surface area contributed by atoms with Crippen LogP contribution in [-0.4, -0.2) is 47.5 Å². The average Bonchev–Trinajstić information content (AvgIpc) is 2.93. The van der Waals surface area contributed by atoms with Crippen molar-refractivity contribution in [3.05, 3.63) is 65.9 Å². The van der Waals surface area contributed by atoms with Crippen molar-refractivity contribution in [1.82, 2.24) is 25.5 Å². The number of unbranched alkanes of at least 4 members (excludes halogenated alkanes) is 3. The molecule has 6 N–H and O–H groups in total. The highest BCUT2D eigenvalue weighted by Crippen LogP contribution is 2.24. The molecule has 0 saturated heterocycles. The van der Waals surface area contributed by atoms with Crippen LogP contribution >= 0.6 is 0 Å². The third kappa shape index (κ3) is 10.4. The molecule has 0 fully saturated rings. The number of hydroxylamine groups is 1. The second-order valence-corrected chi connectivity index (χ2v) is 12.6. The van der Waals surface area contributed by atoms with Crippen molar-refractivity contribution in [2.45, 2.75) is 70.2 Å². The van der Waals surface area contributed by atoms with Gasteiger partial charge in [-0.2, -0.15) is 4.98 Å². The lowest BCUT2D eigenvalue weighted by molar-refractivity contribution is -0.129. The second-order valence-electron chi connectivity index (χ2n) is 10.9. The van der Waals surface area contributed by atoms with Crippen LogP contribution in [0.1, 0.15) is 68.8 Å². The Hall–Kier alpha value is -4.07. The molecular formula is C29H39N7O5S. The molecule has 13 heteroatoms. The molecule has 1 aromatic heterocycles. The third-order valence-corrected chi connectivity index (χ3v) is 7.72. The standard InChI is InChI=1S/C29H39N7O5S/c1-20-19-31-28(34-26(20)32-23-10-9-11-24(18-23)42(40,41)36-29(2,3)4)33-22-15-13-21(14-16-22)27(38)30-17-8-6-5-7-12-25(37)35-39/h9-11,13-16,18-19,36,39H,5-8,12,17H2,1-4H3,(H,30,38)(H,35,37)(H2,31,32,33,34). The molecule has 12 nitrogen and oxygen atoms in total. The van der Waals surface area contributed by atoms with Crippen molar-refractivity contribution >= 4 is 45.0 Å². The van der Waals surface area contributed by atoms with Gasteiger partial charge in [0.05, 0.1) is 4.90 Å². The van der Waals surface area contributed by atoms with Crippen LogP contribution in [0.5, 0.6) is 0 Å². The van der Waals surface area contributed by atoms with E-state index in [1.54, 1.807) is 74.9 Å². The molecule has 3 aromatic rings. The summed E-state index contributed by atoms with van der Waals surface area (Å²) in [5.74, 6) is 0.271. The highest BCUT2D eigenvalue weighted by atomic mass is 32.2. The molecule has 0 aliphatic heterocycles. The number of carbonyl (C=O) groups is 2. The van der Waals surface area contributed by atoms with Crippen LogP contribution in [-0.2, 0) is 14.8 Å². The van der Waals surface area contributed by atoms with Gasteiger partial charge in [0.15, 0.2) is 0 Å². The Morgan fingerprint density at radius 3 is 2.33 bits per heavy atom. The maximum Gasteiger partial charge on any atom is 0.251 e. The monoisotopic (exact) mass is 597 g/mol. The maximum absolute atomic E-state index is 12.8. The van der Waals surface area contributed by atoms with E-state index in [1.807, 2.05) is 6.92 Å². The molecule has 0 bridgehead atoms. The van der Waals surface area contributed by atoms with Crippen molar-refractivity contribution in [1.29, 1.82) is 0 Å². The first-order chi connectivity index (χ1) is 19.9. The number of hydrogen-bond donors (Lipinski definition) is 6. The number of anilines is 4. The summed E-state index contributed by atoms with van der Waals surface area (Å²) < 4.78 is 28.2. The largest absolute Gasteiger partial charge is 0.352 e. The van der Waals surface area contributed by atoms with Crippen LogP contribution in [0.4, 0.5) is 23.1 Å². The molecule has 3 rings (SSSR count). The first kappa shape index (κ1) is 32.4. The van der Waals surface area contributed by atoms with Crippen LogP contribution in [0.15, 0.2) is 59.6 Å². The Balaban J connectivity index is 1.56. The van der Waals surface area contributed by atoms with Crippen molar-refractivity contribution in [2.75, 3.05) is 17.2 Å². The number of rotatable bonds is 14. The van der Waals surface area contributed by atoms with Gasteiger partial charge in [0.1, 0.15) is 5.82 Å². The van der Waals surface area contributed by atoms with Gasteiger partial charge in [-0.05, 0) is 83.0 Å². The number of aryl methyl sites for hydroxylation is 1. The van der Waals surface area contributed by atoms with E-state index < -0.39 is 21.5 Å². The molecule has 0 unspecified atom stereocenters. The number of nitrogens with zero attached hydrogens (tertiary/aromatic N) is 2. The number of carbonyl (C=O) groups excluding carboxylic acids is 2. The zero-order valence-corrected chi connectivity index (χ0v) is 25.1. The lowest BCUT2D eigenvalue weighted by atomic mass is 10.1. The van der Waals surface area contributed by atoms with E-state index in [0.717, 1.165) is 24.8 Å². The van der Waals surface area contributed by atoms with Gasteiger partial charge in [-0.15, -0.1) is 0 Å². The topological polar surface area (TPSA) is 174 Å². The molecule has 0 spiro atoms. The highest BCUT2D eigenvalue weighted by molar-refractivity contribution is 7.89. The first-order valence-electron chi connectivity index (χ1n) is 13.7. The Bertz CT molecular complexity index is 1470. The number of amides is 2. The van der Waals surface area contributed by atoms with Gasteiger partial charge >= 0.3 is 0 Å². The van der Waals surface area contributed by atoms with E-state index in [9.17, 15) is 18.0 Å². The molecule has 1 heterocycles. The average molecular weight is 598 g/mol. The van der Waals surface area contributed by atoms with Gasteiger partial charge in [-0.3, -0.25) is 14.8 Å². The summed E-state index contributed by atoms with van der Waals surface area (Å²) in [4.78, 5) is 32.5. The van der Waals surface area contributed by atoms with Crippen LogP contribution in [0.3, 0.4) is 0 Å². The summed E-state index contributed by atoms with van der Waals surface area (Å²) >= 11 is 0. The van der Waals surface area contributed by atoms with E-state index in [2.05, 4.69) is 30.6 Å². The SMILES string of the molecule is Cc1cnc(Nc2ccc(C(=O)NCCCCCCC(=O)NO)cc2)nc1Nc1cccc(S(=O)(=O)NC(C)(C)C)c1. The number of aromatic nitrogens is 2. The van der Waals surface area contributed by atoms with E-state index in [1.165, 1.54) is 6.07 Å². The Morgan fingerprint density at radius 1 is 0.929 bits per heavy atom. The number of sulfonamides is 1. The zero-order chi connectivity index (χ0) is 30.8. The number of hydrogen-bond acceptors (Lipinski definition) is 9. The molecule has 0 aliphatic rings. The minimum Gasteiger partial charge on any atom is -0.352 e. The maximum atomic E-state index is 12.8. The molecule has 226 valence electrons. The smallest absolute Gasteiger partial charge is 0.251 e. The normalized spacial score (nSPS) is 11.5. The second kappa shape index (κ2) is 14.7. The minimum atomic E-state index is -3.70. The van der Waals surface area contributed by atoms with Gasteiger partial charge in [-0.25, -0.2) is 23.6 Å². The Kier molecular flexibility index (Phi) is 11.4. The fourth-order valence-electron chi connectivity index (χ4n) is 3.93. The molecule has 0 saturated carbocycles. The van der Waals surface area contributed by atoms with Crippen molar-refractivity contribution in [3.8, 4) is 0 Å². The van der Waals surface area contributed by atoms with Gasteiger partial charge in [0.25, 0.3) is 5.91 Å². The summed E-state index contributed by atoms with van der Waals surface area (Å²) in [5.41, 5.74) is 3.53. The number of nitrogens with one attached hydrogen (secondary N) is 5. The first-order valence-corrected chi connectivity index (χ1v) is 15.2. The molecular weight excluding hydrogens is 558 g/mol. The molecule has 2 amide bonds.